The van der Waals surface area contributed by atoms with E-state index in [2.05, 4.69) is 10.4 Å². The SMILES string of the molecule is COc1cc(O)ccc1C1C2=CCC3C(=O)N(c4ccc(C)c(Cl)c4)C(=O)C3C2CC2C(=O)N(Nc3ncc(C(F)(F)F)cc3Cl)C(=O)C21c1ccc(Cl)cc1. The van der Waals surface area contributed by atoms with E-state index < -0.39 is 75.4 Å². The number of amides is 4. The summed E-state index contributed by atoms with van der Waals surface area (Å²) in [6, 6.07) is 16.3. The number of fused-ring (bicyclic) bond motifs is 4. The lowest BCUT2D eigenvalue weighted by Crippen LogP contribution is -2.53. The van der Waals surface area contributed by atoms with Crippen LogP contribution >= 0.6 is 34.8 Å². The molecule has 2 aliphatic heterocycles. The second-order valence-corrected chi connectivity index (χ2v) is 15.5. The standard InChI is InChI=1S/C40H30Cl3F3N4O6/c1-18-3-8-22(14-29(18)42)49-35(52)26-12-11-24-27(32(26)37(49)54)16-28-36(53)50(48-34-30(43)13-20(17-47-34)40(44,45)46)38(55)39(28,19-4-6-21(41)7-5-19)33(24)25-10-9-23(51)15-31(25)56-2/h3-11,13-15,17,26-28,32-33,51H,12,16H2,1-2H3,(H,47,48). The number of alkyl halides is 3. The van der Waals surface area contributed by atoms with Gasteiger partial charge in [-0.15, -0.1) is 0 Å². The molecular formula is C40H30Cl3F3N4O6. The van der Waals surface area contributed by atoms with Crippen molar-refractivity contribution >= 4 is 69.9 Å². The molecule has 6 unspecified atom stereocenters. The van der Waals surface area contributed by atoms with Crippen molar-refractivity contribution in [3.05, 3.63) is 122 Å². The van der Waals surface area contributed by atoms with Gasteiger partial charge in [-0.2, -0.15) is 18.2 Å². The van der Waals surface area contributed by atoms with E-state index >= 15 is 4.79 Å². The van der Waals surface area contributed by atoms with Crippen LogP contribution in [0.4, 0.5) is 24.7 Å². The van der Waals surface area contributed by atoms with Gasteiger partial charge < -0.3 is 9.84 Å². The zero-order chi connectivity index (χ0) is 40.0. The van der Waals surface area contributed by atoms with Crippen LogP contribution in [0.25, 0.3) is 0 Å². The lowest BCUT2D eigenvalue weighted by Gasteiger charge is -2.50. The minimum atomic E-state index is -4.76. The fraction of sp³-hybridized carbons (Fsp3) is 0.275. The zero-order valence-corrected chi connectivity index (χ0v) is 31.7. The average Bonchev–Trinajstić information content (AvgIpc) is 3.54. The van der Waals surface area contributed by atoms with E-state index in [4.69, 9.17) is 39.5 Å². The molecule has 4 aromatic rings. The Morgan fingerprint density at radius 2 is 1.64 bits per heavy atom. The third-order valence-electron chi connectivity index (χ3n) is 11.5. The highest BCUT2D eigenvalue weighted by Crippen LogP contribution is 2.65. The Balaban J connectivity index is 1.32. The summed E-state index contributed by atoms with van der Waals surface area (Å²) < 4.78 is 46.3. The first kappa shape index (κ1) is 37.8. The van der Waals surface area contributed by atoms with Gasteiger partial charge in [0.15, 0.2) is 5.82 Å². The third kappa shape index (κ3) is 5.65. The Hall–Kier alpha value is -5.11. The van der Waals surface area contributed by atoms with Gasteiger partial charge in [0.2, 0.25) is 11.8 Å². The predicted octanol–water partition coefficient (Wildman–Crippen LogP) is 8.27. The lowest BCUT2D eigenvalue weighted by atomic mass is 9.49. The molecule has 2 aliphatic carbocycles. The second-order valence-electron chi connectivity index (χ2n) is 14.3. The number of carbonyl (C=O) groups is 4. The summed E-state index contributed by atoms with van der Waals surface area (Å²) in [6.07, 6.45) is -2.34. The highest BCUT2D eigenvalue weighted by Gasteiger charge is 2.71. The number of phenols is 1. The van der Waals surface area contributed by atoms with Gasteiger partial charge in [0, 0.05) is 33.8 Å². The number of benzene rings is 3. The van der Waals surface area contributed by atoms with Gasteiger partial charge in [-0.3, -0.25) is 24.6 Å². The second kappa shape index (κ2) is 13.5. The van der Waals surface area contributed by atoms with Crippen molar-refractivity contribution in [2.45, 2.75) is 37.3 Å². The third-order valence-corrected chi connectivity index (χ3v) is 12.4. The normalized spacial score (nSPS) is 25.9. The molecule has 16 heteroatoms. The van der Waals surface area contributed by atoms with E-state index in [9.17, 15) is 32.7 Å². The van der Waals surface area contributed by atoms with E-state index in [1.54, 1.807) is 55.5 Å². The van der Waals surface area contributed by atoms with Crippen molar-refractivity contribution in [3.8, 4) is 11.5 Å². The Morgan fingerprint density at radius 3 is 2.30 bits per heavy atom. The molecule has 8 rings (SSSR count). The van der Waals surface area contributed by atoms with Gasteiger partial charge in [0.05, 0.1) is 46.6 Å². The maximum Gasteiger partial charge on any atom is 0.417 e. The molecule has 2 saturated heterocycles. The summed E-state index contributed by atoms with van der Waals surface area (Å²) in [4.78, 5) is 63.8. The van der Waals surface area contributed by atoms with E-state index in [0.29, 0.717) is 49.7 Å². The number of ether oxygens (including phenoxy) is 1. The van der Waals surface area contributed by atoms with Crippen molar-refractivity contribution < 1.29 is 42.2 Å². The molecule has 3 heterocycles. The van der Waals surface area contributed by atoms with E-state index in [0.717, 1.165) is 10.5 Å². The number of imide groups is 2. The number of methoxy groups -OCH3 is 1. The quantitative estimate of drug-likeness (QED) is 0.147. The largest absolute Gasteiger partial charge is 0.508 e. The monoisotopic (exact) mass is 824 g/mol. The number of hydrogen-bond acceptors (Lipinski definition) is 8. The Bertz CT molecular complexity index is 2390. The number of phenolic OH excluding ortho intramolecular Hbond substituents is 1. The van der Waals surface area contributed by atoms with Crippen LogP contribution in [0.15, 0.2) is 84.6 Å². The first-order chi connectivity index (χ1) is 26.6. The summed E-state index contributed by atoms with van der Waals surface area (Å²) in [7, 11) is 1.38. The number of nitrogens with zero attached hydrogens (tertiary/aromatic N) is 3. The number of halogens is 6. The number of rotatable bonds is 6. The molecule has 0 radical (unpaired) electrons. The predicted molar refractivity (Wildman–Crippen MR) is 200 cm³/mol. The molecular weight excluding hydrogens is 796 g/mol. The molecule has 3 aromatic carbocycles. The average molecular weight is 826 g/mol. The van der Waals surface area contributed by atoms with Crippen LogP contribution in [0.3, 0.4) is 0 Å². The van der Waals surface area contributed by atoms with Crippen LogP contribution in [0.1, 0.15) is 41.0 Å². The summed E-state index contributed by atoms with van der Waals surface area (Å²) in [6.45, 7) is 1.79. The smallest absolute Gasteiger partial charge is 0.417 e. The fourth-order valence-corrected chi connectivity index (χ4v) is 9.55. The highest BCUT2D eigenvalue weighted by molar-refractivity contribution is 6.33. The molecule has 6 atom stereocenters. The summed E-state index contributed by atoms with van der Waals surface area (Å²) >= 11 is 19.0. The maximum absolute atomic E-state index is 15.4. The number of allylic oxidation sites excluding steroid dienone is 2. The van der Waals surface area contributed by atoms with Crippen LogP contribution in [0.5, 0.6) is 11.5 Å². The van der Waals surface area contributed by atoms with Crippen molar-refractivity contribution in [2.75, 3.05) is 17.4 Å². The molecule has 0 bridgehead atoms. The molecule has 288 valence electrons. The fourth-order valence-electron chi connectivity index (χ4n) is 9.04. The maximum atomic E-state index is 15.4. The van der Waals surface area contributed by atoms with Crippen LogP contribution in [0, 0.1) is 30.6 Å². The molecule has 0 spiro atoms. The summed E-state index contributed by atoms with van der Waals surface area (Å²) in [5.74, 6) is -7.59. The number of anilines is 2. The van der Waals surface area contributed by atoms with E-state index in [1.807, 2.05) is 6.08 Å². The first-order valence-electron chi connectivity index (χ1n) is 17.4. The Labute approximate surface area is 332 Å². The van der Waals surface area contributed by atoms with Gasteiger partial charge in [0.25, 0.3) is 11.8 Å². The number of aromatic nitrogens is 1. The number of carbonyl (C=O) groups excluding carboxylic acids is 4. The molecule has 2 N–H and O–H groups in total. The Kier molecular flexibility index (Phi) is 9.13. The number of aromatic hydroxyl groups is 1. The van der Waals surface area contributed by atoms with Crippen LogP contribution in [-0.4, -0.2) is 45.8 Å². The van der Waals surface area contributed by atoms with Gasteiger partial charge in [0.1, 0.15) is 11.5 Å². The summed E-state index contributed by atoms with van der Waals surface area (Å²) in [5, 5.41) is 11.4. The van der Waals surface area contributed by atoms with Crippen molar-refractivity contribution in [2.24, 2.45) is 23.7 Å². The molecule has 56 heavy (non-hydrogen) atoms. The molecule has 4 amide bonds. The minimum absolute atomic E-state index is 0.0784. The van der Waals surface area contributed by atoms with Gasteiger partial charge in [-0.25, -0.2) is 9.88 Å². The van der Waals surface area contributed by atoms with E-state index in [1.165, 1.54) is 19.2 Å². The molecule has 10 nitrogen and oxygen atoms in total. The van der Waals surface area contributed by atoms with E-state index in [-0.39, 0.29) is 30.2 Å². The molecule has 3 fully saturated rings. The number of hydrazine groups is 1. The molecule has 4 aliphatic rings. The van der Waals surface area contributed by atoms with Gasteiger partial charge in [-0.05, 0) is 73.2 Å². The highest BCUT2D eigenvalue weighted by atomic mass is 35.5. The van der Waals surface area contributed by atoms with Crippen LogP contribution in [-0.2, 0) is 30.8 Å². The topological polar surface area (TPSA) is 129 Å². The lowest BCUT2D eigenvalue weighted by molar-refractivity contribution is -0.139. The number of hydrogen-bond donors (Lipinski definition) is 2. The number of nitrogens with one attached hydrogen (secondary N) is 1. The minimum Gasteiger partial charge on any atom is -0.508 e. The number of aryl methyl sites for hydroxylation is 1. The number of pyridine rings is 1. The summed E-state index contributed by atoms with van der Waals surface area (Å²) in [5.41, 5.74) is 2.10. The van der Waals surface area contributed by atoms with Crippen LogP contribution in [0.2, 0.25) is 15.1 Å². The Morgan fingerprint density at radius 1 is 0.911 bits per heavy atom. The van der Waals surface area contributed by atoms with Crippen molar-refractivity contribution in [3.63, 3.8) is 0 Å². The van der Waals surface area contributed by atoms with Crippen LogP contribution < -0.4 is 15.1 Å². The molecule has 1 aromatic heterocycles. The first-order valence-corrected chi connectivity index (χ1v) is 18.6. The zero-order valence-electron chi connectivity index (χ0n) is 29.4. The molecule has 1 saturated carbocycles. The van der Waals surface area contributed by atoms with Crippen molar-refractivity contribution in [1.29, 1.82) is 0 Å². The van der Waals surface area contributed by atoms with Crippen molar-refractivity contribution in [1.82, 2.24) is 9.99 Å². The van der Waals surface area contributed by atoms with Gasteiger partial charge in [-0.1, -0.05) is 70.7 Å². The van der Waals surface area contributed by atoms with Gasteiger partial charge >= 0.3 is 6.18 Å².